The quantitative estimate of drug-likeness (QED) is 0.908. The predicted octanol–water partition coefficient (Wildman–Crippen LogP) is 2.77. The van der Waals surface area contributed by atoms with Crippen molar-refractivity contribution in [2.24, 2.45) is 0 Å². The minimum absolute atomic E-state index is 0.0929. The first-order valence-corrected chi connectivity index (χ1v) is 6.94. The number of hydrogen-bond acceptors (Lipinski definition) is 3. The van der Waals surface area contributed by atoms with Gasteiger partial charge in [0, 0.05) is 32.5 Å². The van der Waals surface area contributed by atoms with Crippen LogP contribution >= 0.6 is 0 Å². The molecule has 4 nitrogen and oxygen atoms in total. The van der Waals surface area contributed by atoms with Crippen molar-refractivity contribution in [1.82, 2.24) is 4.90 Å². The smallest absolute Gasteiger partial charge is 0.344 e. The minimum atomic E-state index is -2.53. The second-order valence-corrected chi connectivity index (χ2v) is 5.37. The Morgan fingerprint density at radius 2 is 1.90 bits per heavy atom. The number of alkyl halides is 2. The third-order valence-electron chi connectivity index (χ3n) is 3.58. The van der Waals surface area contributed by atoms with Gasteiger partial charge in [-0.1, -0.05) is 12.1 Å². The topological polar surface area (TPSA) is 49.8 Å². The highest BCUT2D eigenvalue weighted by Crippen LogP contribution is 2.28. The number of halogens is 2. The van der Waals surface area contributed by atoms with Gasteiger partial charge < -0.3 is 9.84 Å². The summed E-state index contributed by atoms with van der Waals surface area (Å²) in [5, 5.41) is 8.76. The number of benzene rings is 1. The summed E-state index contributed by atoms with van der Waals surface area (Å²) in [7, 11) is 0. The molecule has 0 saturated carbocycles. The van der Waals surface area contributed by atoms with E-state index in [1.54, 1.807) is 12.1 Å². The maximum atomic E-state index is 13.1. The van der Waals surface area contributed by atoms with Gasteiger partial charge in [-0.15, -0.1) is 0 Å². The van der Waals surface area contributed by atoms with Gasteiger partial charge in [0.1, 0.15) is 5.75 Å². The number of carboxylic acids is 1. The number of carbonyl (C=O) groups is 1. The zero-order valence-electron chi connectivity index (χ0n) is 11.9. The molecular weight excluding hydrogens is 280 g/mol. The molecule has 1 aromatic rings. The molecule has 1 aliphatic heterocycles. The molecule has 116 valence electrons. The summed E-state index contributed by atoms with van der Waals surface area (Å²) in [6.45, 7) is 2.86. The number of hydrogen-bond donors (Lipinski definition) is 1. The van der Waals surface area contributed by atoms with Crippen molar-refractivity contribution in [1.29, 1.82) is 0 Å². The molecule has 0 radical (unpaired) electrons. The molecule has 0 aliphatic carbocycles. The van der Waals surface area contributed by atoms with Crippen LogP contribution in [0.5, 0.6) is 5.75 Å². The van der Waals surface area contributed by atoms with Gasteiger partial charge in [0.25, 0.3) is 5.92 Å². The van der Waals surface area contributed by atoms with E-state index in [9.17, 15) is 13.6 Å². The van der Waals surface area contributed by atoms with Crippen LogP contribution in [-0.4, -0.2) is 41.1 Å². The van der Waals surface area contributed by atoms with Crippen molar-refractivity contribution >= 4 is 5.97 Å². The van der Waals surface area contributed by atoms with E-state index < -0.39 is 18.0 Å². The number of ether oxygens (including phenoxy) is 1. The number of aliphatic carboxylic acids is 1. The number of likely N-dealkylation sites (tertiary alicyclic amines) is 1. The van der Waals surface area contributed by atoms with E-state index in [4.69, 9.17) is 9.84 Å². The van der Waals surface area contributed by atoms with E-state index in [1.807, 2.05) is 17.0 Å². The summed E-state index contributed by atoms with van der Waals surface area (Å²) in [6.07, 6.45) is -1.09. The Kier molecular flexibility index (Phi) is 4.77. The van der Waals surface area contributed by atoms with Crippen molar-refractivity contribution < 1.29 is 23.4 Å². The van der Waals surface area contributed by atoms with Crippen molar-refractivity contribution in [2.75, 3.05) is 13.1 Å². The van der Waals surface area contributed by atoms with Gasteiger partial charge in [-0.2, -0.15) is 0 Å². The van der Waals surface area contributed by atoms with Crippen LogP contribution in [0.4, 0.5) is 8.78 Å². The van der Waals surface area contributed by atoms with E-state index in [-0.39, 0.29) is 12.8 Å². The van der Waals surface area contributed by atoms with Gasteiger partial charge in [0.15, 0.2) is 6.10 Å². The second kappa shape index (κ2) is 6.39. The molecular formula is C15H19F2NO3. The van der Waals surface area contributed by atoms with Crippen molar-refractivity contribution in [2.45, 2.75) is 38.3 Å². The van der Waals surface area contributed by atoms with Crippen molar-refractivity contribution in [3.05, 3.63) is 29.8 Å². The molecule has 1 heterocycles. The Bertz CT molecular complexity index is 480. The number of rotatable bonds is 5. The highest BCUT2D eigenvalue weighted by atomic mass is 19.3. The predicted molar refractivity (Wildman–Crippen MR) is 73.6 cm³/mol. The minimum Gasteiger partial charge on any atom is -0.479 e. The Balaban J connectivity index is 1.87. The molecule has 1 aromatic carbocycles. The monoisotopic (exact) mass is 299 g/mol. The Morgan fingerprint density at radius 1 is 1.33 bits per heavy atom. The van der Waals surface area contributed by atoms with Crippen LogP contribution in [0.2, 0.25) is 0 Å². The molecule has 1 atom stereocenters. The number of piperidine rings is 1. The lowest BCUT2D eigenvalue weighted by Crippen LogP contribution is -2.38. The van der Waals surface area contributed by atoms with E-state index in [2.05, 4.69) is 0 Å². The van der Waals surface area contributed by atoms with Crippen LogP contribution in [0.1, 0.15) is 25.3 Å². The molecule has 1 fully saturated rings. The second-order valence-electron chi connectivity index (χ2n) is 5.37. The normalized spacial score (nSPS) is 20.0. The summed E-state index contributed by atoms with van der Waals surface area (Å²) >= 11 is 0. The summed E-state index contributed by atoms with van der Waals surface area (Å²) in [4.78, 5) is 12.7. The highest BCUT2D eigenvalue weighted by Gasteiger charge is 2.33. The summed E-state index contributed by atoms with van der Waals surface area (Å²) in [5.74, 6) is -3.06. The molecule has 0 amide bonds. The van der Waals surface area contributed by atoms with Gasteiger partial charge in [-0.25, -0.2) is 13.6 Å². The fraction of sp³-hybridized carbons (Fsp3) is 0.533. The van der Waals surface area contributed by atoms with E-state index >= 15 is 0 Å². The van der Waals surface area contributed by atoms with Crippen LogP contribution in [0.3, 0.4) is 0 Å². The molecule has 1 N–H and O–H groups in total. The molecule has 1 aliphatic rings. The Morgan fingerprint density at radius 3 is 2.43 bits per heavy atom. The standard InChI is InChI=1S/C15H19F2NO3/c1-11(14(19)20)21-13-4-2-12(3-5-13)10-18-8-6-15(16,17)7-9-18/h2-5,11H,6-10H2,1H3,(H,19,20). The van der Waals surface area contributed by atoms with E-state index in [1.165, 1.54) is 6.92 Å². The molecule has 2 rings (SSSR count). The number of carboxylic acid groups (broad SMARTS) is 1. The maximum Gasteiger partial charge on any atom is 0.344 e. The van der Waals surface area contributed by atoms with Crippen LogP contribution in [-0.2, 0) is 11.3 Å². The Hall–Kier alpha value is -1.69. The Labute approximate surface area is 122 Å². The fourth-order valence-corrected chi connectivity index (χ4v) is 2.22. The van der Waals surface area contributed by atoms with Gasteiger partial charge >= 0.3 is 5.97 Å². The molecule has 6 heteroatoms. The SMILES string of the molecule is CC(Oc1ccc(CN2CCC(F)(F)CC2)cc1)C(=O)O. The van der Waals surface area contributed by atoms with E-state index in [0.717, 1.165) is 5.56 Å². The largest absolute Gasteiger partial charge is 0.479 e. The molecule has 0 bridgehead atoms. The first-order valence-electron chi connectivity index (χ1n) is 6.94. The van der Waals surface area contributed by atoms with Gasteiger partial charge in [0.2, 0.25) is 0 Å². The molecule has 0 aromatic heterocycles. The molecule has 1 unspecified atom stereocenters. The summed E-state index contributed by atoms with van der Waals surface area (Å²) in [5.41, 5.74) is 0.996. The summed E-state index contributed by atoms with van der Waals surface area (Å²) < 4.78 is 31.4. The zero-order valence-corrected chi connectivity index (χ0v) is 11.9. The first kappa shape index (κ1) is 15.7. The van der Waals surface area contributed by atoms with Gasteiger partial charge in [0.05, 0.1) is 0 Å². The lowest BCUT2D eigenvalue weighted by molar-refractivity contribution is -0.144. The summed E-state index contributed by atoms with van der Waals surface area (Å²) in [6, 6.07) is 7.06. The van der Waals surface area contributed by atoms with Crippen LogP contribution in [0.15, 0.2) is 24.3 Å². The van der Waals surface area contributed by atoms with Crippen LogP contribution in [0, 0.1) is 0 Å². The average molecular weight is 299 g/mol. The van der Waals surface area contributed by atoms with Crippen molar-refractivity contribution in [3.8, 4) is 5.75 Å². The molecule has 21 heavy (non-hydrogen) atoms. The van der Waals surface area contributed by atoms with Crippen LogP contribution < -0.4 is 4.74 Å². The fourth-order valence-electron chi connectivity index (χ4n) is 2.22. The zero-order chi connectivity index (χ0) is 15.5. The molecule has 1 saturated heterocycles. The highest BCUT2D eigenvalue weighted by molar-refractivity contribution is 5.72. The third kappa shape index (κ3) is 4.67. The lowest BCUT2D eigenvalue weighted by Gasteiger charge is -2.31. The van der Waals surface area contributed by atoms with Crippen LogP contribution in [0.25, 0.3) is 0 Å². The lowest BCUT2D eigenvalue weighted by atomic mass is 10.1. The van der Waals surface area contributed by atoms with Gasteiger partial charge in [-0.05, 0) is 24.6 Å². The first-order chi connectivity index (χ1) is 9.85. The van der Waals surface area contributed by atoms with Gasteiger partial charge in [-0.3, -0.25) is 4.90 Å². The maximum absolute atomic E-state index is 13.1. The number of nitrogens with zero attached hydrogens (tertiary/aromatic N) is 1. The van der Waals surface area contributed by atoms with E-state index in [0.29, 0.717) is 25.4 Å². The third-order valence-corrected chi connectivity index (χ3v) is 3.58. The average Bonchev–Trinajstić information content (AvgIpc) is 2.43. The van der Waals surface area contributed by atoms with Crippen molar-refractivity contribution in [3.63, 3.8) is 0 Å². The molecule has 0 spiro atoms.